The Bertz CT molecular complexity index is 512. The van der Waals surface area contributed by atoms with Gasteiger partial charge >= 0.3 is 0 Å². The molecule has 134 valence electrons. The molecule has 1 atom stereocenters. The Morgan fingerprint density at radius 2 is 2.04 bits per heavy atom. The number of rotatable bonds is 8. The lowest BCUT2D eigenvalue weighted by Gasteiger charge is -2.29. The smallest absolute Gasteiger partial charge is 0.222 e. The number of ether oxygens (including phenoxy) is 1. The molecule has 1 aliphatic heterocycles. The second-order valence-corrected chi connectivity index (χ2v) is 7.05. The number of nitrogens with one attached hydrogen (secondary N) is 1. The van der Waals surface area contributed by atoms with Crippen molar-refractivity contribution < 1.29 is 9.53 Å². The number of benzene rings is 1. The fraction of sp³-hybridized carbons (Fsp3) is 0.650. The molecule has 0 spiro atoms. The number of aryl methyl sites for hydroxylation is 1. The fourth-order valence-corrected chi connectivity index (χ4v) is 3.34. The summed E-state index contributed by atoms with van der Waals surface area (Å²) >= 11 is 0. The number of para-hydroxylation sites is 1. The van der Waals surface area contributed by atoms with E-state index in [9.17, 15) is 4.79 Å². The Kier molecular flexibility index (Phi) is 7.57. The number of nitrogens with zero attached hydrogens (tertiary/aromatic N) is 1. The van der Waals surface area contributed by atoms with Gasteiger partial charge < -0.3 is 15.0 Å². The summed E-state index contributed by atoms with van der Waals surface area (Å²) in [5.74, 6) is 2.36. The van der Waals surface area contributed by atoms with Crippen LogP contribution >= 0.6 is 0 Å². The Balaban J connectivity index is 1.65. The van der Waals surface area contributed by atoms with E-state index in [2.05, 4.69) is 12.2 Å². The zero-order valence-electron chi connectivity index (χ0n) is 15.4. The van der Waals surface area contributed by atoms with E-state index in [1.165, 1.54) is 12.8 Å². The van der Waals surface area contributed by atoms with E-state index < -0.39 is 0 Å². The number of carbonyl (C=O) groups is 1. The molecule has 1 fully saturated rings. The monoisotopic (exact) mass is 332 g/mol. The molecule has 2 rings (SSSR count). The predicted molar refractivity (Wildman–Crippen MR) is 98.3 cm³/mol. The third-order valence-corrected chi connectivity index (χ3v) is 5.10. The first-order valence-corrected chi connectivity index (χ1v) is 9.21. The summed E-state index contributed by atoms with van der Waals surface area (Å²) < 4.78 is 5.80. The Hall–Kier alpha value is -1.55. The van der Waals surface area contributed by atoms with Crippen molar-refractivity contribution in [3.8, 4) is 5.75 Å². The molecule has 0 bridgehead atoms. The molecule has 4 nitrogen and oxygen atoms in total. The van der Waals surface area contributed by atoms with Crippen molar-refractivity contribution in [3.05, 3.63) is 29.8 Å². The minimum absolute atomic E-state index is 0.261. The molecule has 1 N–H and O–H groups in total. The minimum Gasteiger partial charge on any atom is -0.493 e. The van der Waals surface area contributed by atoms with E-state index in [-0.39, 0.29) is 5.91 Å². The Morgan fingerprint density at radius 1 is 1.33 bits per heavy atom. The summed E-state index contributed by atoms with van der Waals surface area (Å²) in [7, 11) is 1.91. The maximum Gasteiger partial charge on any atom is 0.222 e. The van der Waals surface area contributed by atoms with Crippen molar-refractivity contribution in [2.45, 2.75) is 39.5 Å². The SMILES string of the molecule is Cc1ccccc1OCCCN(C)C(=O)CC(C)C1CCNCC1. The van der Waals surface area contributed by atoms with Gasteiger partial charge in [-0.1, -0.05) is 25.1 Å². The maximum absolute atomic E-state index is 12.4. The molecule has 1 heterocycles. The van der Waals surface area contributed by atoms with Crippen LogP contribution in [0.2, 0.25) is 0 Å². The molecule has 4 heteroatoms. The predicted octanol–water partition coefficient (Wildman–Crippen LogP) is 3.25. The zero-order valence-corrected chi connectivity index (χ0v) is 15.4. The molecule has 1 aromatic carbocycles. The van der Waals surface area contributed by atoms with Crippen LogP contribution in [0.15, 0.2) is 24.3 Å². The van der Waals surface area contributed by atoms with Crippen molar-refractivity contribution in [1.29, 1.82) is 0 Å². The largest absolute Gasteiger partial charge is 0.493 e. The van der Waals surface area contributed by atoms with Crippen LogP contribution in [0.5, 0.6) is 5.75 Å². The number of hydrogen-bond acceptors (Lipinski definition) is 3. The highest BCUT2D eigenvalue weighted by Crippen LogP contribution is 2.24. The third kappa shape index (κ3) is 5.82. The van der Waals surface area contributed by atoms with Crippen molar-refractivity contribution in [2.75, 3.05) is 33.3 Å². The van der Waals surface area contributed by atoms with Gasteiger partial charge in [-0.05, 0) is 62.7 Å². The number of carbonyl (C=O) groups excluding carboxylic acids is 1. The average Bonchev–Trinajstić information content (AvgIpc) is 2.60. The number of hydrogen-bond donors (Lipinski definition) is 1. The van der Waals surface area contributed by atoms with E-state index in [0.29, 0.717) is 24.9 Å². The summed E-state index contributed by atoms with van der Waals surface area (Å²) in [5.41, 5.74) is 1.15. The standard InChI is InChI=1S/C20H32N2O2/c1-16-7-4-5-8-19(16)24-14-6-13-22(3)20(23)15-17(2)18-9-11-21-12-10-18/h4-5,7-8,17-18,21H,6,9-15H2,1-3H3. The van der Waals surface area contributed by atoms with Crippen LogP contribution in [0.1, 0.15) is 38.2 Å². The van der Waals surface area contributed by atoms with Gasteiger partial charge in [0.2, 0.25) is 5.91 Å². The first-order valence-electron chi connectivity index (χ1n) is 9.21. The van der Waals surface area contributed by atoms with Crippen LogP contribution in [0, 0.1) is 18.8 Å². The zero-order chi connectivity index (χ0) is 17.4. The van der Waals surface area contributed by atoms with Gasteiger partial charge in [0.1, 0.15) is 5.75 Å². The lowest BCUT2D eigenvalue weighted by Crippen LogP contribution is -2.34. The van der Waals surface area contributed by atoms with E-state index in [4.69, 9.17) is 4.74 Å². The molecule has 1 aliphatic rings. The lowest BCUT2D eigenvalue weighted by molar-refractivity contribution is -0.131. The van der Waals surface area contributed by atoms with E-state index in [0.717, 1.165) is 37.4 Å². The summed E-state index contributed by atoms with van der Waals surface area (Å²) in [6.07, 6.45) is 3.92. The van der Waals surface area contributed by atoms with Gasteiger partial charge in [0.05, 0.1) is 6.61 Å². The van der Waals surface area contributed by atoms with Crippen LogP contribution in [0.3, 0.4) is 0 Å². The second kappa shape index (κ2) is 9.67. The average molecular weight is 332 g/mol. The number of amides is 1. The Morgan fingerprint density at radius 3 is 2.75 bits per heavy atom. The Labute approximate surface area is 146 Å². The molecular weight excluding hydrogens is 300 g/mol. The molecule has 0 radical (unpaired) electrons. The van der Waals surface area contributed by atoms with E-state index in [1.54, 1.807) is 0 Å². The van der Waals surface area contributed by atoms with Crippen molar-refractivity contribution >= 4 is 5.91 Å². The van der Waals surface area contributed by atoms with Crippen LogP contribution in [-0.4, -0.2) is 44.1 Å². The molecule has 1 amide bonds. The summed E-state index contributed by atoms with van der Waals surface area (Å²) in [4.78, 5) is 14.2. The highest BCUT2D eigenvalue weighted by molar-refractivity contribution is 5.76. The van der Waals surface area contributed by atoms with E-state index in [1.807, 2.05) is 43.1 Å². The van der Waals surface area contributed by atoms with Gasteiger partial charge in [0.15, 0.2) is 0 Å². The van der Waals surface area contributed by atoms with Gasteiger partial charge in [0, 0.05) is 20.0 Å². The van der Waals surface area contributed by atoms with Gasteiger partial charge in [-0.15, -0.1) is 0 Å². The van der Waals surface area contributed by atoms with E-state index >= 15 is 0 Å². The van der Waals surface area contributed by atoms with Gasteiger partial charge in [-0.25, -0.2) is 0 Å². The second-order valence-electron chi connectivity index (χ2n) is 7.05. The van der Waals surface area contributed by atoms with Crippen LogP contribution in [0.4, 0.5) is 0 Å². The van der Waals surface area contributed by atoms with Gasteiger partial charge in [-0.2, -0.15) is 0 Å². The summed E-state index contributed by atoms with van der Waals surface area (Å²) in [6.45, 7) is 7.86. The van der Waals surface area contributed by atoms with Crippen LogP contribution < -0.4 is 10.1 Å². The minimum atomic E-state index is 0.261. The fourth-order valence-electron chi connectivity index (χ4n) is 3.34. The summed E-state index contributed by atoms with van der Waals surface area (Å²) in [5, 5.41) is 3.39. The lowest BCUT2D eigenvalue weighted by atomic mass is 9.84. The van der Waals surface area contributed by atoms with Crippen molar-refractivity contribution in [3.63, 3.8) is 0 Å². The van der Waals surface area contributed by atoms with Gasteiger partial charge in [0.25, 0.3) is 0 Å². The molecule has 1 unspecified atom stereocenters. The maximum atomic E-state index is 12.4. The number of piperidine rings is 1. The molecule has 1 saturated heterocycles. The summed E-state index contributed by atoms with van der Waals surface area (Å²) in [6, 6.07) is 8.04. The van der Waals surface area contributed by atoms with Crippen LogP contribution in [0.25, 0.3) is 0 Å². The molecule has 24 heavy (non-hydrogen) atoms. The highest BCUT2D eigenvalue weighted by atomic mass is 16.5. The molecular formula is C20H32N2O2. The molecule has 1 aromatic rings. The highest BCUT2D eigenvalue weighted by Gasteiger charge is 2.23. The molecule has 0 saturated carbocycles. The first kappa shape index (κ1) is 18.8. The normalized spacial score (nSPS) is 16.6. The quantitative estimate of drug-likeness (QED) is 0.743. The molecule has 0 aromatic heterocycles. The van der Waals surface area contributed by atoms with Gasteiger partial charge in [-0.3, -0.25) is 4.79 Å². The van der Waals surface area contributed by atoms with Crippen molar-refractivity contribution in [1.82, 2.24) is 10.2 Å². The van der Waals surface area contributed by atoms with Crippen LogP contribution in [-0.2, 0) is 4.79 Å². The van der Waals surface area contributed by atoms with Crippen molar-refractivity contribution in [2.24, 2.45) is 11.8 Å². The topological polar surface area (TPSA) is 41.6 Å². The third-order valence-electron chi connectivity index (χ3n) is 5.10. The molecule has 0 aliphatic carbocycles. The first-order chi connectivity index (χ1) is 11.6.